The third-order valence-corrected chi connectivity index (χ3v) is 6.21. The van der Waals surface area contributed by atoms with Crippen molar-refractivity contribution < 1.29 is 23.4 Å². The summed E-state index contributed by atoms with van der Waals surface area (Å²) in [5, 5.41) is 10.9. The summed E-state index contributed by atoms with van der Waals surface area (Å²) in [6.07, 6.45) is -3.89. The van der Waals surface area contributed by atoms with Gasteiger partial charge in [0.05, 0.1) is 22.5 Å². The zero-order valence-corrected chi connectivity index (χ0v) is 19.9. The first kappa shape index (κ1) is 23.2. The lowest BCUT2D eigenvalue weighted by atomic mass is 9.87. The van der Waals surface area contributed by atoms with Crippen LogP contribution in [0.3, 0.4) is 0 Å². The fourth-order valence-electron chi connectivity index (χ4n) is 4.85. The molecule has 1 atom stereocenters. The second-order valence-corrected chi connectivity index (χ2v) is 9.78. The smallest absolute Gasteiger partial charge is 0.337 e. The summed E-state index contributed by atoms with van der Waals surface area (Å²) in [6.45, 7) is 10.3. The molecule has 0 spiro atoms. The van der Waals surface area contributed by atoms with E-state index in [9.17, 15) is 18.7 Å². The molecule has 176 valence electrons. The minimum Gasteiger partial charge on any atom is -0.479 e. The molecule has 2 aromatic carbocycles. The highest BCUT2D eigenvalue weighted by Crippen LogP contribution is 2.48. The van der Waals surface area contributed by atoms with Gasteiger partial charge in [0, 0.05) is 31.1 Å². The van der Waals surface area contributed by atoms with E-state index in [0.717, 1.165) is 27.9 Å². The number of likely N-dealkylation sites (N-methyl/N-ethyl adjacent to an activating group) is 1. The highest BCUT2D eigenvalue weighted by atomic mass is 19.3. The van der Waals surface area contributed by atoms with E-state index in [0.29, 0.717) is 29.6 Å². The number of benzene rings is 2. The molecule has 1 aliphatic rings. The molecular weight excluding hydrogens is 426 g/mol. The summed E-state index contributed by atoms with van der Waals surface area (Å²) in [4.78, 5) is 14.5. The van der Waals surface area contributed by atoms with Crippen LogP contribution in [0.4, 0.5) is 14.5 Å². The summed E-state index contributed by atoms with van der Waals surface area (Å²) < 4.78 is 35.8. The number of aliphatic carboxylic acids is 1. The molecular formula is C26H30F2N2O3. The van der Waals surface area contributed by atoms with Crippen molar-refractivity contribution >= 4 is 22.6 Å². The maximum atomic E-state index is 14.0. The van der Waals surface area contributed by atoms with Crippen LogP contribution in [-0.2, 0) is 16.1 Å². The molecule has 33 heavy (non-hydrogen) atoms. The van der Waals surface area contributed by atoms with E-state index in [4.69, 9.17) is 4.74 Å². The average Bonchev–Trinajstić information content (AvgIpc) is 3.10. The Labute approximate surface area is 192 Å². The first-order valence-corrected chi connectivity index (χ1v) is 11.1. The number of alkyl halides is 2. The summed E-state index contributed by atoms with van der Waals surface area (Å²) in [7, 11) is 1.91. The number of rotatable bonds is 5. The maximum absolute atomic E-state index is 14.0. The van der Waals surface area contributed by atoms with Crippen molar-refractivity contribution in [1.29, 1.82) is 0 Å². The number of hydrogen-bond donors (Lipinski definition) is 1. The second-order valence-electron chi connectivity index (χ2n) is 9.78. The van der Waals surface area contributed by atoms with E-state index in [1.165, 1.54) is 6.07 Å². The monoisotopic (exact) mass is 456 g/mol. The lowest BCUT2D eigenvalue weighted by molar-refractivity contribution is -0.160. The van der Waals surface area contributed by atoms with Crippen LogP contribution in [0, 0.1) is 13.8 Å². The van der Waals surface area contributed by atoms with E-state index < -0.39 is 24.1 Å². The van der Waals surface area contributed by atoms with Gasteiger partial charge in [-0.2, -0.15) is 0 Å². The number of nitrogens with zero attached hydrogens (tertiary/aromatic N) is 2. The molecule has 0 saturated carbocycles. The molecule has 0 amide bonds. The Bertz CT molecular complexity index is 1220. The average molecular weight is 457 g/mol. The Morgan fingerprint density at radius 1 is 1.12 bits per heavy atom. The SMILES string of the molecule is Cc1ccc(-c2c(C(OC(C)(C)C)C(=O)O)c(C)c3c4c2cc(C(F)F)n4CCN3C)cc1. The summed E-state index contributed by atoms with van der Waals surface area (Å²) in [5.74, 6) is -1.11. The van der Waals surface area contributed by atoms with E-state index in [2.05, 4.69) is 0 Å². The molecule has 5 nitrogen and oxygen atoms in total. The topological polar surface area (TPSA) is 54.7 Å². The quantitative estimate of drug-likeness (QED) is 0.493. The molecule has 7 heteroatoms. The molecule has 1 N–H and O–H groups in total. The van der Waals surface area contributed by atoms with Crippen molar-refractivity contribution in [2.75, 3.05) is 18.5 Å². The van der Waals surface area contributed by atoms with Crippen molar-refractivity contribution in [3.8, 4) is 11.1 Å². The van der Waals surface area contributed by atoms with Gasteiger partial charge >= 0.3 is 5.97 Å². The number of halogens is 2. The maximum Gasteiger partial charge on any atom is 0.337 e. The molecule has 0 aliphatic carbocycles. The Hall–Kier alpha value is -2.93. The molecule has 2 heterocycles. The number of carboxylic acid groups (broad SMARTS) is 1. The summed E-state index contributed by atoms with van der Waals surface area (Å²) in [6, 6.07) is 9.24. The van der Waals surface area contributed by atoms with Gasteiger partial charge in [-0.25, -0.2) is 13.6 Å². The van der Waals surface area contributed by atoms with Crippen LogP contribution in [0.1, 0.15) is 55.7 Å². The molecule has 4 rings (SSSR count). The molecule has 1 unspecified atom stereocenters. The van der Waals surface area contributed by atoms with Gasteiger partial charge in [-0.15, -0.1) is 0 Å². The molecule has 0 fully saturated rings. The lowest BCUT2D eigenvalue weighted by Crippen LogP contribution is -2.31. The normalized spacial score (nSPS) is 14.9. The fourth-order valence-corrected chi connectivity index (χ4v) is 4.85. The number of aromatic nitrogens is 1. The molecule has 3 aromatic rings. The first-order chi connectivity index (χ1) is 15.4. The van der Waals surface area contributed by atoms with E-state index in [-0.39, 0.29) is 5.69 Å². The number of hydrogen-bond acceptors (Lipinski definition) is 3. The van der Waals surface area contributed by atoms with Crippen molar-refractivity contribution in [2.24, 2.45) is 0 Å². The minimum absolute atomic E-state index is 0.0483. The Morgan fingerprint density at radius 3 is 2.30 bits per heavy atom. The zero-order valence-electron chi connectivity index (χ0n) is 19.9. The van der Waals surface area contributed by atoms with Crippen molar-refractivity contribution in [2.45, 2.75) is 59.3 Å². The van der Waals surface area contributed by atoms with Crippen LogP contribution in [0.15, 0.2) is 30.3 Å². The standard InChI is InChI=1S/C26H30F2N2O3/c1-14-7-9-16(10-8-14)20-17-13-18(24(27)28)30-12-11-29(6)21(22(17)30)15(2)19(20)23(25(31)32)33-26(3,4)5/h7-10,13,23-24H,11-12H2,1-6H3,(H,31,32). The van der Waals surface area contributed by atoms with E-state index in [1.54, 1.807) is 4.57 Å². The van der Waals surface area contributed by atoms with Crippen LogP contribution in [0.2, 0.25) is 0 Å². The molecule has 1 aromatic heterocycles. The minimum atomic E-state index is -2.63. The second kappa shape index (κ2) is 8.13. The molecule has 1 aliphatic heterocycles. The van der Waals surface area contributed by atoms with Crippen LogP contribution in [0.5, 0.6) is 0 Å². The van der Waals surface area contributed by atoms with Crippen LogP contribution < -0.4 is 4.90 Å². The zero-order chi connectivity index (χ0) is 24.2. The van der Waals surface area contributed by atoms with E-state index >= 15 is 0 Å². The predicted molar refractivity (Wildman–Crippen MR) is 126 cm³/mol. The van der Waals surface area contributed by atoms with Crippen LogP contribution >= 0.6 is 0 Å². The highest BCUT2D eigenvalue weighted by Gasteiger charge is 2.36. The fraction of sp³-hybridized carbons (Fsp3) is 0.423. The number of ether oxygens (including phenoxy) is 1. The van der Waals surface area contributed by atoms with Crippen molar-refractivity contribution in [3.05, 3.63) is 52.7 Å². The Morgan fingerprint density at radius 2 is 1.76 bits per heavy atom. The van der Waals surface area contributed by atoms with Gasteiger partial charge in [0.25, 0.3) is 6.43 Å². The lowest BCUT2D eigenvalue weighted by Gasteiger charge is -2.34. The van der Waals surface area contributed by atoms with E-state index in [1.807, 2.05) is 70.8 Å². The predicted octanol–water partition coefficient (Wildman–Crippen LogP) is 6.25. The number of anilines is 1. The van der Waals surface area contributed by atoms with Gasteiger partial charge in [-0.1, -0.05) is 29.8 Å². The van der Waals surface area contributed by atoms with Crippen molar-refractivity contribution in [1.82, 2.24) is 4.57 Å². The van der Waals surface area contributed by atoms with Crippen LogP contribution in [0.25, 0.3) is 22.0 Å². The summed E-state index contributed by atoms with van der Waals surface area (Å²) >= 11 is 0. The number of aryl methyl sites for hydroxylation is 1. The first-order valence-electron chi connectivity index (χ1n) is 11.1. The number of carbonyl (C=O) groups is 1. The molecule has 0 bridgehead atoms. The van der Waals surface area contributed by atoms with Gasteiger partial charge in [0.2, 0.25) is 0 Å². The molecule has 0 saturated heterocycles. The van der Waals surface area contributed by atoms with Gasteiger partial charge in [0.1, 0.15) is 0 Å². The van der Waals surface area contributed by atoms with Gasteiger partial charge in [-0.05, 0) is 57.4 Å². The Balaban J connectivity index is 2.18. The highest BCUT2D eigenvalue weighted by molar-refractivity contribution is 6.07. The number of carboxylic acids is 1. The molecule has 0 radical (unpaired) electrons. The third kappa shape index (κ3) is 3.99. The Kier molecular flexibility index (Phi) is 5.73. The largest absolute Gasteiger partial charge is 0.479 e. The third-order valence-electron chi connectivity index (χ3n) is 6.21. The summed E-state index contributed by atoms with van der Waals surface area (Å²) in [5.41, 5.74) is 4.43. The van der Waals surface area contributed by atoms with Gasteiger partial charge < -0.3 is 19.3 Å². The van der Waals surface area contributed by atoms with Crippen LogP contribution in [-0.4, -0.2) is 34.8 Å². The van der Waals surface area contributed by atoms with Gasteiger partial charge in [0.15, 0.2) is 6.10 Å². The van der Waals surface area contributed by atoms with Gasteiger partial charge in [-0.3, -0.25) is 0 Å². The van der Waals surface area contributed by atoms with Crippen molar-refractivity contribution in [3.63, 3.8) is 0 Å².